The molecule has 1 heterocycles. The number of carbonyl (C=O) groups is 1. The van der Waals surface area contributed by atoms with Crippen molar-refractivity contribution in [1.29, 1.82) is 0 Å². The second-order valence-corrected chi connectivity index (χ2v) is 11.4. The number of rotatable bonds is 6. The van der Waals surface area contributed by atoms with Gasteiger partial charge >= 0.3 is 0 Å². The number of carbonyl (C=O) groups excluding carboxylic acids is 1. The second-order valence-electron chi connectivity index (χ2n) is 8.40. The second kappa shape index (κ2) is 9.87. The highest BCUT2D eigenvalue weighted by atomic mass is 32.2. The Balaban J connectivity index is 1.61. The van der Waals surface area contributed by atoms with Gasteiger partial charge in [-0.2, -0.15) is 9.30 Å². The first-order valence-electron chi connectivity index (χ1n) is 11.3. The highest BCUT2D eigenvalue weighted by Crippen LogP contribution is 2.26. The summed E-state index contributed by atoms with van der Waals surface area (Å²) in [6.07, 6.45) is 5.83. The van der Waals surface area contributed by atoms with E-state index in [4.69, 9.17) is 0 Å². The Bertz CT molecular complexity index is 1320. The van der Waals surface area contributed by atoms with E-state index >= 15 is 0 Å². The first-order valence-corrected chi connectivity index (χ1v) is 13.5. The Kier molecular flexibility index (Phi) is 7.11. The van der Waals surface area contributed by atoms with E-state index in [1.165, 1.54) is 52.0 Å². The Labute approximate surface area is 197 Å². The zero-order chi connectivity index (χ0) is 23.6. The molecule has 0 radical (unpaired) electrons. The predicted octanol–water partition coefficient (Wildman–Crippen LogP) is 4.95. The minimum Gasteiger partial charge on any atom is -0.316 e. The van der Waals surface area contributed by atoms with Crippen molar-refractivity contribution in [3.05, 3.63) is 58.6 Å². The van der Waals surface area contributed by atoms with Crippen molar-refractivity contribution >= 4 is 37.5 Å². The maximum atomic E-state index is 13.6. The number of sulfonamides is 1. The predicted molar refractivity (Wildman–Crippen MR) is 128 cm³/mol. The van der Waals surface area contributed by atoms with Crippen molar-refractivity contribution in [2.24, 2.45) is 4.99 Å². The molecule has 4 rings (SSSR count). The van der Waals surface area contributed by atoms with Gasteiger partial charge in [-0.1, -0.05) is 37.5 Å². The lowest BCUT2D eigenvalue weighted by Crippen LogP contribution is -2.38. The summed E-state index contributed by atoms with van der Waals surface area (Å²) < 4.78 is 43.8. The molecule has 0 atom stereocenters. The van der Waals surface area contributed by atoms with Crippen LogP contribution in [0.4, 0.5) is 4.39 Å². The van der Waals surface area contributed by atoms with Gasteiger partial charge in [-0.25, -0.2) is 12.8 Å². The molecule has 1 aliphatic rings. The van der Waals surface area contributed by atoms with Gasteiger partial charge in [0.2, 0.25) is 10.0 Å². The molecule has 0 N–H and O–H groups in total. The maximum Gasteiger partial charge on any atom is 0.279 e. The lowest BCUT2D eigenvalue weighted by atomic mass is 9.96. The first kappa shape index (κ1) is 23.8. The fraction of sp³-hybridized carbons (Fsp3) is 0.417. The van der Waals surface area contributed by atoms with Crippen molar-refractivity contribution in [1.82, 2.24) is 8.87 Å². The Hall–Kier alpha value is -2.36. The molecular formula is C24H28FN3O3S2. The highest BCUT2D eigenvalue weighted by molar-refractivity contribution is 7.89. The molecule has 1 aromatic heterocycles. The van der Waals surface area contributed by atoms with Crippen LogP contribution >= 0.6 is 11.3 Å². The summed E-state index contributed by atoms with van der Waals surface area (Å²) in [5, 5.41) is 0. The summed E-state index contributed by atoms with van der Waals surface area (Å²) in [6.45, 7) is 2.68. The molecule has 1 amide bonds. The van der Waals surface area contributed by atoms with Crippen LogP contribution in [0.25, 0.3) is 10.2 Å². The molecule has 0 bridgehead atoms. The van der Waals surface area contributed by atoms with Crippen LogP contribution in [0, 0.1) is 5.82 Å². The van der Waals surface area contributed by atoms with E-state index in [2.05, 4.69) is 4.99 Å². The fourth-order valence-electron chi connectivity index (χ4n) is 4.30. The number of hydrogen-bond acceptors (Lipinski definition) is 4. The van der Waals surface area contributed by atoms with Crippen LogP contribution in [0.2, 0.25) is 0 Å². The Morgan fingerprint density at radius 2 is 1.85 bits per heavy atom. The SMILES string of the molecule is CCCn1c(=NC(=O)c2ccc(S(=O)(=O)N(C)C3CCCCC3)cc2)sc2cc(F)ccc21. The summed E-state index contributed by atoms with van der Waals surface area (Å²) in [7, 11) is -1.99. The van der Waals surface area contributed by atoms with Crippen LogP contribution in [-0.4, -0.2) is 36.3 Å². The number of aryl methyl sites for hydroxylation is 1. The first-order chi connectivity index (χ1) is 15.8. The van der Waals surface area contributed by atoms with E-state index in [1.54, 1.807) is 13.1 Å². The molecule has 3 aromatic rings. The zero-order valence-electron chi connectivity index (χ0n) is 18.8. The zero-order valence-corrected chi connectivity index (χ0v) is 20.5. The molecule has 0 saturated heterocycles. The van der Waals surface area contributed by atoms with E-state index in [1.807, 2.05) is 11.5 Å². The van der Waals surface area contributed by atoms with Gasteiger partial charge in [-0.3, -0.25) is 4.79 Å². The molecule has 0 aliphatic heterocycles. The van der Waals surface area contributed by atoms with Gasteiger partial charge in [0.15, 0.2) is 4.80 Å². The largest absolute Gasteiger partial charge is 0.316 e. The van der Waals surface area contributed by atoms with Crippen LogP contribution in [0.15, 0.2) is 52.4 Å². The fourth-order valence-corrected chi connectivity index (χ4v) is 6.80. The summed E-state index contributed by atoms with van der Waals surface area (Å²) in [5.41, 5.74) is 1.14. The number of aromatic nitrogens is 1. The quantitative estimate of drug-likeness (QED) is 0.492. The summed E-state index contributed by atoms with van der Waals surface area (Å²) in [6, 6.07) is 10.5. The molecule has 1 fully saturated rings. The van der Waals surface area contributed by atoms with Gasteiger partial charge in [0.25, 0.3) is 5.91 Å². The average molecular weight is 490 g/mol. The summed E-state index contributed by atoms with van der Waals surface area (Å²) >= 11 is 1.26. The average Bonchev–Trinajstić information content (AvgIpc) is 3.15. The number of thiazole rings is 1. The Morgan fingerprint density at radius 1 is 1.15 bits per heavy atom. The van der Waals surface area contributed by atoms with Gasteiger partial charge in [0.1, 0.15) is 5.82 Å². The minimum atomic E-state index is -3.62. The van der Waals surface area contributed by atoms with Gasteiger partial charge < -0.3 is 4.57 Å². The molecule has 0 unspecified atom stereocenters. The Morgan fingerprint density at radius 3 is 2.52 bits per heavy atom. The van der Waals surface area contributed by atoms with Crippen LogP contribution in [0.3, 0.4) is 0 Å². The van der Waals surface area contributed by atoms with Crippen molar-refractivity contribution in [3.8, 4) is 0 Å². The van der Waals surface area contributed by atoms with Crippen LogP contribution in [-0.2, 0) is 16.6 Å². The number of fused-ring (bicyclic) bond motifs is 1. The lowest BCUT2D eigenvalue weighted by molar-refractivity contribution is 0.0997. The van der Waals surface area contributed by atoms with Gasteiger partial charge in [-0.15, -0.1) is 0 Å². The van der Waals surface area contributed by atoms with Gasteiger partial charge in [0.05, 0.1) is 15.1 Å². The van der Waals surface area contributed by atoms with Crippen molar-refractivity contribution in [3.63, 3.8) is 0 Å². The van der Waals surface area contributed by atoms with Gasteiger partial charge in [-0.05, 0) is 61.7 Å². The lowest BCUT2D eigenvalue weighted by Gasteiger charge is -2.30. The van der Waals surface area contributed by atoms with Crippen LogP contribution < -0.4 is 4.80 Å². The van der Waals surface area contributed by atoms with Crippen molar-refractivity contribution in [2.45, 2.75) is 62.9 Å². The van der Waals surface area contributed by atoms with Crippen molar-refractivity contribution < 1.29 is 17.6 Å². The minimum absolute atomic E-state index is 0.0202. The number of amides is 1. The van der Waals surface area contributed by atoms with E-state index in [0.29, 0.717) is 16.9 Å². The smallest absolute Gasteiger partial charge is 0.279 e. The summed E-state index contributed by atoms with van der Waals surface area (Å²) in [5.74, 6) is -0.795. The molecule has 6 nitrogen and oxygen atoms in total. The maximum absolute atomic E-state index is 13.6. The number of nitrogens with zero attached hydrogens (tertiary/aromatic N) is 3. The monoisotopic (exact) mass is 489 g/mol. The topological polar surface area (TPSA) is 71.7 Å². The molecule has 0 spiro atoms. The van der Waals surface area contributed by atoms with E-state index in [0.717, 1.165) is 48.7 Å². The molecule has 176 valence electrons. The van der Waals surface area contributed by atoms with E-state index in [-0.39, 0.29) is 16.8 Å². The summed E-state index contributed by atoms with van der Waals surface area (Å²) in [4.78, 5) is 17.8. The number of benzene rings is 2. The van der Waals surface area contributed by atoms with E-state index < -0.39 is 15.9 Å². The third-order valence-corrected chi connectivity index (χ3v) is 9.12. The van der Waals surface area contributed by atoms with Gasteiger partial charge in [0, 0.05) is 25.2 Å². The standard InChI is InChI=1S/C24H28FN3O3S2/c1-3-15-28-21-14-11-18(25)16-22(21)32-24(28)26-23(29)17-9-12-20(13-10-17)33(30,31)27(2)19-7-5-4-6-8-19/h9-14,16,19H,3-8,15H2,1-2H3. The normalized spacial score (nSPS) is 16.1. The molecular weight excluding hydrogens is 461 g/mol. The van der Waals surface area contributed by atoms with Crippen LogP contribution in [0.1, 0.15) is 55.8 Å². The van der Waals surface area contributed by atoms with Crippen LogP contribution in [0.5, 0.6) is 0 Å². The number of halogens is 1. The molecule has 1 saturated carbocycles. The van der Waals surface area contributed by atoms with Crippen molar-refractivity contribution in [2.75, 3.05) is 7.05 Å². The highest BCUT2D eigenvalue weighted by Gasteiger charge is 2.29. The third kappa shape index (κ3) is 4.95. The number of hydrogen-bond donors (Lipinski definition) is 0. The molecule has 1 aliphatic carbocycles. The molecule has 9 heteroatoms. The molecule has 2 aromatic carbocycles. The van der Waals surface area contributed by atoms with E-state index in [9.17, 15) is 17.6 Å². The molecule has 33 heavy (non-hydrogen) atoms. The third-order valence-electron chi connectivity index (χ3n) is 6.16.